The number of halogens is 1. The molecule has 122 valence electrons. The largest absolute Gasteiger partial charge is 0.490 e. The minimum absolute atomic E-state index is 0. The highest BCUT2D eigenvalue weighted by Crippen LogP contribution is 2.39. The van der Waals surface area contributed by atoms with Crippen molar-refractivity contribution in [3.05, 3.63) is 42.5 Å². The molecule has 22 heavy (non-hydrogen) atoms. The predicted molar refractivity (Wildman–Crippen MR) is 93.8 cm³/mol. The lowest BCUT2D eigenvalue weighted by atomic mass is 9.78. The van der Waals surface area contributed by atoms with Gasteiger partial charge in [0.1, 0.15) is 12.4 Å². The van der Waals surface area contributed by atoms with Gasteiger partial charge in [0, 0.05) is 13.1 Å². The van der Waals surface area contributed by atoms with Crippen molar-refractivity contribution >= 4 is 12.4 Å². The summed E-state index contributed by atoms with van der Waals surface area (Å²) in [5.41, 5.74) is 1.94. The van der Waals surface area contributed by atoms with Gasteiger partial charge in [0.15, 0.2) is 0 Å². The van der Waals surface area contributed by atoms with E-state index in [0.29, 0.717) is 12.0 Å². The molecule has 0 aliphatic carbocycles. The van der Waals surface area contributed by atoms with Crippen LogP contribution in [0.15, 0.2) is 36.9 Å². The second-order valence-electron chi connectivity index (χ2n) is 6.46. The van der Waals surface area contributed by atoms with E-state index in [4.69, 9.17) is 4.74 Å². The lowest BCUT2D eigenvalue weighted by Gasteiger charge is -2.34. The van der Waals surface area contributed by atoms with Gasteiger partial charge in [-0.1, -0.05) is 24.8 Å². The van der Waals surface area contributed by atoms with Crippen LogP contribution < -0.4 is 10.1 Å². The molecule has 1 aromatic carbocycles. The molecule has 0 saturated carbocycles. The van der Waals surface area contributed by atoms with E-state index in [1.54, 1.807) is 6.08 Å². The molecule has 0 atom stereocenters. The number of nitrogens with zero attached hydrogens (tertiary/aromatic N) is 1. The van der Waals surface area contributed by atoms with Gasteiger partial charge < -0.3 is 10.1 Å². The second kappa shape index (κ2) is 8.00. The molecule has 1 aromatic rings. The summed E-state index contributed by atoms with van der Waals surface area (Å²) in [6.45, 7) is 10.2. The van der Waals surface area contributed by atoms with Gasteiger partial charge in [0.25, 0.3) is 0 Å². The topological polar surface area (TPSA) is 24.5 Å². The molecule has 0 unspecified atom stereocenters. The van der Waals surface area contributed by atoms with E-state index in [1.165, 1.54) is 51.0 Å². The lowest BCUT2D eigenvalue weighted by Crippen LogP contribution is -2.38. The zero-order valence-corrected chi connectivity index (χ0v) is 14.0. The molecule has 0 aromatic heterocycles. The van der Waals surface area contributed by atoms with E-state index in [2.05, 4.69) is 35.0 Å². The van der Waals surface area contributed by atoms with Crippen molar-refractivity contribution in [3.8, 4) is 5.75 Å². The smallest absolute Gasteiger partial charge is 0.120 e. The van der Waals surface area contributed by atoms with E-state index in [-0.39, 0.29) is 12.4 Å². The van der Waals surface area contributed by atoms with Crippen LogP contribution in [0.2, 0.25) is 0 Å². The second-order valence-corrected chi connectivity index (χ2v) is 6.46. The van der Waals surface area contributed by atoms with Gasteiger partial charge >= 0.3 is 0 Å². The van der Waals surface area contributed by atoms with Crippen LogP contribution in [0.4, 0.5) is 0 Å². The highest BCUT2D eigenvalue weighted by molar-refractivity contribution is 5.85. The number of likely N-dealkylation sites (tertiary alicyclic amines) is 1. The van der Waals surface area contributed by atoms with Crippen molar-refractivity contribution in [2.45, 2.75) is 25.8 Å². The van der Waals surface area contributed by atoms with Gasteiger partial charge in [-0.15, -0.1) is 12.4 Å². The van der Waals surface area contributed by atoms with Crippen LogP contribution in [0.1, 0.15) is 24.8 Å². The molecule has 4 heteroatoms. The van der Waals surface area contributed by atoms with Crippen molar-refractivity contribution in [1.82, 2.24) is 10.2 Å². The van der Waals surface area contributed by atoms with Gasteiger partial charge in [0.2, 0.25) is 0 Å². The predicted octanol–water partition coefficient (Wildman–Crippen LogP) is 3.25. The highest BCUT2D eigenvalue weighted by Gasteiger charge is 2.38. The Labute approximate surface area is 140 Å². The van der Waals surface area contributed by atoms with E-state index < -0.39 is 0 Å². The van der Waals surface area contributed by atoms with E-state index >= 15 is 0 Å². The van der Waals surface area contributed by atoms with E-state index in [9.17, 15) is 0 Å². The van der Waals surface area contributed by atoms with Crippen molar-refractivity contribution < 1.29 is 4.74 Å². The number of rotatable bonds is 5. The van der Waals surface area contributed by atoms with Crippen LogP contribution in [0.5, 0.6) is 5.75 Å². The Balaban J connectivity index is 0.00000176. The quantitative estimate of drug-likeness (QED) is 0.842. The molecular formula is C18H27ClN2O. The molecule has 2 aliphatic rings. The summed E-state index contributed by atoms with van der Waals surface area (Å²) in [5, 5.41) is 3.48. The molecule has 0 bridgehead atoms. The van der Waals surface area contributed by atoms with Crippen molar-refractivity contribution in [1.29, 1.82) is 0 Å². The SMILES string of the molecule is C=CCOc1cccc(CN2CCC3(CCNCC3)C2)c1.Cl. The molecule has 3 rings (SSSR count). The van der Waals surface area contributed by atoms with Crippen LogP contribution in [0.3, 0.4) is 0 Å². The lowest BCUT2D eigenvalue weighted by molar-refractivity contribution is 0.194. The maximum Gasteiger partial charge on any atom is 0.120 e. The molecule has 2 heterocycles. The number of piperidine rings is 1. The Morgan fingerprint density at radius 1 is 1.27 bits per heavy atom. The summed E-state index contributed by atoms with van der Waals surface area (Å²) in [5.74, 6) is 0.947. The fourth-order valence-electron chi connectivity index (χ4n) is 3.67. The van der Waals surface area contributed by atoms with E-state index in [0.717, 1.165) is 12.3 Å². The zero-order chi connectivity index (χ0) is 14.5. The first-order valence-corrected chi connectivity index (χ1v) is 8.05. The van der Waals surface area contributed by atoms with E-state index in [1.807, 2.05) is 6.07 Å². The maximum atomic E-state index is 5.63. The minimum atomic E-state index is 0. The van der Waals surface area contributed by atoms with Crippen molar-refractivity contribution in [2.24, 2.45) is 5.41 Å². The van der Waals surface area contributed by atoms with Gasteiger partial charge in [-0.3, -0.25) is 4.90 Å². The van der Waals surface area contributed by atoms with Crippen LogP contribution in [-0.2, 0) is 6.54 Å². The number of hydrogen-bond donors (Lipinski definition) is 1. The minimum Gasteiger partial charge on any atom is -0.490 e. The van der Waals surface area contributed by atoms with Crippen LogP contribution in [0, 0.1) is 5.41 Å². The molecule has 2 saturated heterocycles. The first-order valence-electron chi connectivity index (χ1n) is 8.05. The Morgan fingerprint density at radius 3 is 2.86 bits per heavy atom. The molecule has 0 amide bonds. The third-order valence-corrected chi connectivity index (χ3v) is 4.85. The number of nitrogens with one attached hydrogen (secondary N) is 1. The van der Waals surface area contributed by atoms with Gasteiger partial charge in [-0.05, 0) is 62.0 Å². The van der Waals surface area contributed by atoms with Crippen LogP contribution >= 0.6 is 12.4 Å². The Hall–Kier alpha value is -1.03. The van der Waals surface area contributed by atoms with Crippen molar-refractivity contribution in [2.75, 3.05) is 32.8 Å². The fraction of sp³-hybridized carbons (Fsp3) is 0.556. The molecule has 3 nitrogen and oxygen atoms in total. The summed E-state index contributed by atoms with van der Waals surface area (Å²) in [7, 11) is 0. The molecule has 0 radical (unpaired) electrons. The first kappa shape index (κ1) is 17.3. The fourth-order valence-corrected chi connectivity index (χ4v) is 3.67. The van der Waals surface area contributed by atoms with Crippen LogP contribution in [0.25, 0.3) is 0 Å². The zero-order valence-electron chi connectivity index (χ0n) is 13.2. The molecule has 1 spiro atoms. The molecule has 2 aliphatic heterocycles. The number of hydrogen-bond acceptors (Lipinski definition) is 3. The number of benzene rings is 1. The van der Waals surface area contributed by atoms with Gasteiger partial charge in [-0.25, -0.2) is 0 Å². The molecular weight excluding hydrogens is 296 g/mol. The average molecular weight is 323 g/mol. The Kier molecular flexibility index (Phi) is 6.30. The summed E-state index contributed by atoms with van der Waals surface area (Å²) in [6, 6.07) is 8.47. The summed E-state index contributed by atoms with van der Waals surface area (Å²) < 4.78 is 5.63. The number of ether oxygens (including phenoxy) is 1. The maximum absolute atomic E-state index is 5.63. The van der Waals surface area contributed by atoms with Crippen LogP contribution in [-0.4, -0.2) is 37.7 Å². The Morgan fingerprint density at radius 2 is 2.09 bits per heavy atom. The summed E-state index contributed by atoms with van der Waals surface area (Å²) >= 11 is 0. The Bertz CT molecular complexity index is 486. The third kappa shape index (κ3) is 4.25. The van der Waals surface area contributed by atoms with Crippen molar-refractivity contribution in [3.63, 3.8) is 0 Å². The highest BCUT2D eigenvalue weighted by atomic mass is 35.5. The van der Waals surface area contributed by atoms with Gasteiger partial charge in [-0.2, -0.15) is 0 Å². The normalized spacial score (nSPS) is 20.5. The average Bonchev–Trinajstić information content (AvgIpc) is 2.88. The molecule has 1 N–H and O–H groups in total. The molecule has 2 fully saturated rings. The summed E-state index contributed by atoms with van der Waals surface area (Å²) in [4.78, 5) is 2.61. The monoisotopic (exact) mass is 322 g/mol. The standard InChI is InChI=1S/C18H26N2O.ClH/c1-2-12-21-17-5-3-4-16(13-17)14-20-11-8-18(15-20)6-9-19-10-7-18;/h2-5,13,19H,1,6-12,14-15H2;1H. The van der Waals surface area contributed by atoms with Gasteiger partial charge in [0.05, 0.1) is 0 Å². The third-order valence-electron chi connectivity index (χ3n) is 4.85. The first-order chi connectivity index (χ1) is 10.3. The summed E-state index contributed by atoms with van der Waals surface area (Å²) in [6.07, 6.45) is 5.83.